The molecule has 2 aliphatic heterocycles. The summed E-state index contributed by atoms with van der Waals surface area (Å²) in [5.41, 5.74) is 2.71. The molecule has 210 valence electrons. The van der Waals surface area contributed by atoms with Crippen molar-refractivity contribution in [2.45, 2.75) is 52.4 Å². The van der Waals surface area contributed by atoms with Crippen LogP contribution in [-0.2, 0) is 16.0 Å². The largest absolute Gasteiger partial charge is 0.490 e. The molecule has 0 aliphatic carbocycles. The molecule has 0 amide bonds. The molecule has 10 nitrogen and oxygen atoms in total. The summed E-state index contributed by atoms with van der Waals surface area (Å²) in [4.78, 5) is 11.5. The van der Waals surface area contributed by atoms with E-state index in [1.165, 1.54) is 0 Å². The van der Waals surface area contributed by atoms with Crippen LogP contribution in [0.25, 0.3) is 10.9 Å². The summed E-state index contributed by atoms with van der Waals surface area (Å²) < 4.78 is 35.3. The van der Waals surface area contributed by atoms with E-state index in [1.807, 2.05) is 32.0 Å². The third kappa shape index (κ3) is 6.63. The van der Waals surface area contributed by atoms with Crippen molar-refractivity contribution in [1.82, 2.24) is 14.9 Å². The maximum absolute atomic E-state index is 6.27. The molecular weight excluding hydrogens is 500 g/mol. The van der Waals surface area contributed by atoms with Gasteiger partial charge in [0.25, 0.3) is 0 Å². The third-order valence-corrected chi connectivity index (χ3v) is 6.77. The number of fused-ring (bicyclic) bond motifs is 4. The molecule has 2 bridgehead atoms. The zero-order chi connectivity index (χ0) is 27.0. The van der Waals surface area contributed by atoms with E-state index in [0.29, 0.717) is 55.9 Å². The fourth-order valence-electron chi connectivity index (χ4n) is 4.85. The highest BCUT2D eigenvalue weighted by molar-refractivity contribution is 5.94. The van der Waals surface area contributed by atoms with Crippen LogP contribution < -0.4 is 24.3 Å². The van der Waals surface area contributed by atoms with Gasteiger partial charge in [-0.1, -0.05) is 6.07 Å². The van der Waals surface area contributed by atoms with Crippen molar-refractivity contribution < 1.29 is 28.4 Å². The number of hydrogen-bond acceptors (Lipinski definition) is 10. The molecule has 2 aromatic carbocycles. The van der Waals surface area contributed by atoms with Crippen LogP contribution in [0.2, 0.25) is 0 Å². The normalized spacial score (nSPS) is 15.9. The maximum Gasteiger partial charge on any atom is 0.231 e. The zero-order valence-electron chi connectivity index (χ0n) is 23.0. The molecule has 0 fully saturated rings. The van der Waals surface area contributed by atoms with Crippen molar-refractivity contribution in [3.05, 3.63) is 36.2 Å². The summed E-state index contributed by atoms with van der Waals surface area (Å²) >= 11 is 0. The molecule has 3 heterocycles. The summed E-state index contributed by atoms with van der Waals surface area (Å²) in [7, 11) is 2.14. The topological polar surface area (TPSA) is 96.4 Å². The second-order valence-electron chi connectivity index (χ2n) is 9.62. The van der Waals surface area contributed by atoms with E-state index in [9.17, 15) is 0 Å². The van der Waals surface area contributed by atoms with Gasteiger partial charge in [0.15, 0.2) is 29.3 Å². The van der Waals surface area contributed by atoms with Crippen molar-refractivity contribution in [3.8, 4) is 23.0 Å². The second kappa shape index (κ2) is 13.1. The van der Waals surface area contributed by atoms with Crippen molar-refractivity contribution in [2.24, 2.45) is 0 Å². The van der Waals surface area contributed by atoms with E-state index in [0.717, 1.165) is 60.3 Å². The first kappa shape index (κ1) is 27.2. The summed E-state index contributed by atoms with van der Waals surface area (Å²) in [6.07, 6.45) is 4.95. The van der Waals surface area contributed by atoms with Crippen molar-refractivity contribution in [1.29, 1.82) is 0 Å². The summed E-state index contributed by atoms with van der Waals surface area (Å²) in [6.45, 7) is 8.05. The summed E-state index contributed by atoms with van der Waals surface area (Å²) in [5, 5.41) is 4.37. The molecule has 10 heteroatoms. The molecular formula is C29H38N4O6. The number of rotatable bonds is 8. The Labute approximate surface area is 229 Å². The molecule has 39 heavy (non-hydrogen) atoms. The minimum Gasteiger partial charge on any atom is -0.490 e. The first-order valence-electron chi connectivity index (χ1n) is 13.8. The van der Waals surface area contributed by atoms with Crippen LogP contribution in [0, 0.1) is 0 Å². The number of benzene rings is 2. The number of hydrogen-bond donors (Lipinski definition) is 1. The minimum atomic E-state index is -0.302. The molecule has 0 radical (unpaired) electrons. The fraction of sp³-hybridized carbons (Fsp3) is 0.517. The van der Waals surface area contributed by atoms with E-state index >= 15 is 0 Å². The quantitative estimate of drug-likeness (QED) is 0.382. The predicted octanol–water partition coefficient (Wildman–Crippen LogP) is 5.26. The Kier molecular flexibility index (Phi) is 9.18. The van der Waals surface area contributed by atoms with Gasteiger partial charge in [0.05, 0.1) is 24.4 Å². The van der Waals surface area contributed by atoms with Crippen LogP contribution in [0.5, 0.6) is 23.0 Å². The lowest BCUT2D eigenvalue weighted by atomic mass is 10.1. The monoisotopic (exact) mass is 538 g/mol. The fourth-order valence-corrected chi connectivity index (χ4v) is 4.85. The second-order valence-corrected chi connectivity index (χ2v) is 9.62. The molecule has 0 saturated carbocycles. The number of nitrogens with one attached hydrogen (secondary N) is 1. The Morgan fingerprint density at radius 2 is 1.87 bits per heavy atom. The lowest BCUT2D eigenvalue weighted by Crippen LogP contribution is -2.20. The molecule has 1 N–H and O–H groups in total. The highest BCUT2D eigenvalue weighted by Gasteiger charge is 2.23. The Bertz CT molecular complexity index is 1250. The van der Waals surface area contributed by atoms with E-state index in [1.54, 1.807) is 6.33 Å². The average molecular weight is 539 g/mol. The maximum atomic E-state index is 6.27. The predicted molar refractivity (Wildman–Crippen MR) is 148 cm³/mol. The Hall–Kier alpha value is -3.34. The lowest BCUT2D eigenvalue weighted by Gasteiger charge is -2.20. The van der Waals surface area contributed by atoms with Gasteiger partial charge in [-0.15, -0.1) is 0 Å². The molecule has 0 spiro atoms. The van der Waals surface area contributed by atoms with Gasteiger partial charge >= 0.3 is 0 Å². The van der Waals surface area contributed by atoms with Crippen LogP contribution in [0.3, 0.4) is 0 Å². The van der Waals surface area contributed by atoms with Gasteiger partial charge in [0, 0.05) is 37.6 Å². The van der Waals surface area contributed by atoms with Crippen LogP contribution >= 0.6 is 0 Å². The van der Waals surface area contributed by atoms with Crippen LogP contribution in [0.4, 0.5) is 11.5 Å². The Morgan fingerprint density at radius 1 is 1.00 bits per heavy atom. The first-order valence-corrected chi connectivity index (χ1v) is 13.8. The Balaban J connectivity index is 1.49. The van der Waals surface area contributed by atoms with Crippen LogP contribution in [0.15, 0.2) is 30.6 Å². The minimum absolute atomic E-state index is 0.194. The van der Waals surface area contributed by atoms with Crippen molar-refractivity contribution >= 4 is 22.4 Å². The zero-order valence-corrected chi connectivity index (χ0v) is 23.0. The van der Waals surface area contributed by atoms with E-state index < -0.39 is 0 Å². The molecule has 0 atom stereocenters. The average Bonchev–Trinajstić information content (AvgIpc) is 3.41. The van der Waals surface area contributed by atoms with Gasteiger partial charge < -0.3 is 38.6 Å². The first-order chi connectivity index (χ1) is 19.2. The molecule has 0 unspecified atom stereocenters. The number of nitrogens with zero attached hydrogens (tertiary/aromatic N) is 3. The number of anilines is 2. The van der Waals surface area contributed by atoms with Crippen molar-refractivity contribution in [2.75, 3.05) is 52.1 Å². The third-order valence-electron chi connectivity index (χ3n) is 6.77. The van der Waals surface area contributed by atoms with Gasteiger partial charge in [0.1, 0.15) is 12.1 Å². The van der Waals surface area contributed by atoms with Gasteiger partial charge in [0.2, 0.25) is 6.79 Å². The lowest BCUT2D eigenvalue weighted by molar-refractivity contribution is -0.142. The van der Waals surface area contributed by atoms with Gasteiger partial charge in [-0.05, 0) is 64.4 Å². The molecule has 1 aromatic heterocycles. The Morgan fingerprint density at radius 3 is 2.72 bits per heavy atom. The van der Waals surface area contributed by atoms with Crippen LogP contribution in [-0.4, -0.2) is 68.0 Å². The number of aromatic nitrogens is 2. The number of ether oxygens (including phenoxy) is 6. The van der Waals surface area contributed by atoms with Gasteiger partial charge in [-0.25, -0.2) is 9.97 Å². The highest BCUT2D eigenvalue weighted by atomic mass is 16.7. The molecule has 5 rings (SSSR count). The van der Waals surface area contributed by atoms with E-state index in [4.69, 9.17) is 28.4 Å². The van der Waals surface area contributed by atoms with Crippen molar-refractivity contribution in [3.63, 3.8) is 0 Å². The summed E-state index contributed by atoms with van der Waals surface area (Å²) in [5.74, 6) is 3.38. The standard InChI is InChI=1S/C29H38N4O6/c1-4-34-26(35-5-2)11-14-37-25-16-22-21-15-24(25)36-13-8-6-7-12-33(3)17-20-9-10-23-28(39-19-38-23)27(20)32-29(21)31-18-30-22/h9-10,15-16,18,26H,4-8,11-14,17,19H2,1-3H3,(H,30,31,32). The van der Waals surface area contributed by atoms with Gasteiger partial charge in [-0.2, -0.15) is 0 Å². The molecule has 2 aliphatic rings. The van der Waals surface area contributed by atoms with Gasteiger partial charge in [-0.3, -0.25) is 0 Å². The van der Waals surface area contributed by atoms with E-state index in [-0.39, 0.29) is 13.1 Å². The molecule has 0 saturated heterocycles. The van der Waals surface area contributed by atoms with E-state index in [2.05, 4.69) is 33.3 Å². The molecule has 3 aromatic rings. The smallest absolute Gasteiger partial charge is 0.231 e. The SMILES string of the molecule is CCOC(CCOc1cc2ncnc3c2cc1OCCCCCN(C)Cc1ccc2c(c1N3)OCO2)OCC. The van der Waals surface area contributed by atoms with Crippen LogP contribution in [0.1, 0.15) is 45.1 Å². The highest BCUT2D eigenvalue weighted by Crippen LogP contribution is 2.44. The summed E-state index contributed by atoms with van der Waals surface area (Å²) in [6, 6.07) is 7.93.